The van der Waals surface area contributed by atoms with E-state index in [9.17, 15) is 4.79 Å². The quantitative estimate of drug-likeness (QED) is 0.923. The maximum absolute atomic E-state index is 12.9. The van der Waals surface area contributed by atoms with Gasteiger partial charge in [-0.15, -0.1) is 11.3 Å². The van der Waals surface area contributed by atoms with E-state index in [1.54, 1.807) is 11.3 Å². The Kier molecular flexibility index (Phi) is 3.82. The van der Waals surface area contributed by atoms with Crippen LogP contribution in [0.3, 0.4) is 0 Å². The van der Waals surface area contributed by atoms with Gasteiger partial charge in [-0.25, -0.2) is 4.98 Å². The number of carbonyl (C=O) groups is 1. The van der Waals surface area contributed by atoms with Gasteiger partial charge in [-0.3, -0.25) is 9.69 Å². The molecular formula is C16H24N4OS. The Hall–Kier alpha value is -1.14. The number of fused-ring (bicyclic) bond motifs is 1. The standard InChI is InChI=1S/C16H24N4OS/c21-14(16-5-1-8-20(16)9-2-6-16)18-13-3-10-19(11-4-13)15-17-7-12-22-15/h7,12-13H,1-6,8-11H2,(H,18,21). The van der Waals surface area contributed by atoms with Crippen LogP contribution in [0.15, 0.2) is 11.6 Å². The second-order valence-corrected chi connectivity index (χ2v) is 7.65. The van der Waals surface area contributed by atoms with Crippen LogP contribution in [0.4, 0.5) is 5.13 Å². The molecule has 0 bridgehead atoms. The van der Waals surface area contributed by atoms with Crippen molar-refractivity contribution >= 4 is 22.4 Å². The van der Waals surface area contributed by atoms with Crippen LogP contribution in [0.5, 0.6) is 0 Å². The maximum Gasteiger partial charge on any atom is 0.240 e. The van der Waals surface area contributed by atoms with E-state index in [2.05, 4.69) is 20.1 Å². The highest BCUT2D eigenvalue weighted by molar-refractivity contribution is 7.13. The van der Waals surface area contributed by atoms with Crippen molar-refractivity contribution in [1.82, 2.24) is 15.2 Å². The third-order valence-electron chi connectivity index (χ3n) is 5.58. The lowest BCUT2D eigenvalue weighted by Gasteiger charge is -2.36. The Morgan fingerprint density at radius 2 is 1.95 bits per heavy atom. The summed E-state index contributed by atoms with van der Waals surface area (Å²) in [5, 5.41) is 6.50. The van der Waals surface area contributed by atoms with Gasteiger partial charge >= 0.3 is 0 Å². The number of anilines is 1. The molecule has 120 valence electrons. The summed E-state index contributed by atoms with van der Waals surface area (Å²) in [5.41, 5.74) is -0.160. The molecule has 0 aliphatic carbocycles. The topological polar surface area (TPSA) is 48.5 Å². The van der Waals surface area contributed by atoms with Gasteiger partial charge in [0.15, 0.2) is 5.13 Å². The molecule has 1 N–H and O–H groups in total. The van der Waals surface area contributed by atoms with E-state index >= 15 is 0 Å². The molecule has 0 unspecified atom stereocenters. The fraction of sp³-hybridized carbons (Fsp3) is 0.750. The second kappa shape index (κ2) is 5.81. The molecule has 1 aromatic heterocycles. The zero-order valence-electron chi connectivity index (χ0n) is 13.0. The number of nitrogens with one attached hydrogen (secondary N) is 1. The lowest BCUT2D eigenvalue weighted by molar-refractivity contribution is -0.131. The first-order valence-corrected chi connectivity index (χ1v) is 9.36. The largest absolute Gasteiger partial charge is 0.352 e. The summed E-state index contributed by atoms with van der Waals surface area (Å²) in [5.74, 6) is 0.301. The summed E-state index contributed by atoms with van der Waals surface area (Å²) in [6.45, 7) is 4.20. The highest BCUT2D eigenvalue weighted by atomic mass is 32.1. The van der Waals surface area contributed by atoms with Crippen LogP contribution in [0.2, 0.25) is 0 Å². The maximum atomic E-state index is 12.9. The molecule has 0 atom stereocenters. The summed E-state index contributed by atoms with van der Waals surface area (Å²) in [6, 6.07) is 0.334. The zero-order chi connectivity index (χ0) is 15.0. The van der Waals surface area contributed by atoms with E-state index in [0.717, 1.165) is 57.0 Å². The van der Waals surface area contributed by atoms with Gasteiger partial charge in [0.25, 0.3) is 0 Å². The van der Waals surface area contributed by atoms with Crippen LogP contribution in [0.1, 0.15) is 38.5 Å². The molecule has 3 aliphatic heterocycles. The molecule has 6 heteroatoms. The van der Waals surface area contributed by atoms with Crippen molar-refractivity contribution in [3.63, 3.8) is 0 Å². The Morgan fingerprint density at radius 3 is 2.59 bits per heavy atom. The van der Waals surface area contributed by atoms with Crippen molar-refractivity contribution in [2.75, 3.05) is 31.1 Å². The van der Waals surface area contributed by atoms with Crippen LogP contribution in [0, 0.1) is 0 Å². The highest BCUT2D eigenvalue weighted by Gasteiger charge is 2.50. The number of hydrogen-bond donors (Lipinski definition) is 1. The summed E-state index contributed by atoms with van der Waals surface area (Å²) in [6.07, 6.45) is 8.38. The van der Waals surface area contributed by atoms with Crippen molar-refractivity contribution < 1.29 is 4.79 Å². The Morgan fingerprint density at radius 1 is 1.23 bits per heavy atom. The number of aromatic nitrogens is 1. The predicted molar refractivity (Wildman–Crippen MR) is 88.3 cm³/mol. The highest BCUT2D eigenvalue weighted by Crippen LogP contribution is 2.39. The van der Waals surface area contributed by atoms with Crippen LogP contribution in [-0.2, 0) is 4.79 Å². The average Bonchev–Trinajstić information content (AvgIpc) is 3.24. The first kappa shape index (κ1) is 14.5. The van der Waals surface area contributed by atoms with Crippen molar-refractivity contribution in [2.24, 2.45) is 0 Å². The molecule has 3 saturated heterocycles. The normalized spacial score (nSPS) is 25.4. The summed E-state index contributed by atoms with van der Waals surface area (Å²) in [4.78, 5) is 22.0. The van der Waals surface area contributed by atoms with Gasteiger partial charge in [-0.05, 0) is 51.6 Å². The van der Waals surface area contributed by atoms with Gasteiger partial charge in [-0.2, -0.15) is 0 Å². The third kappa shape index (κ3) is 2.42. The summed E-state index contributed by atoms with van der Waals surface area (Å²) in [7, 11) is 0. The van der Waals surface area contributed by atoms with Crippen LogP contribution in [0.25, 0.3) is 0 Å². The number of nitrogens with zero attached hydrogens (tertiary/aromatic N) is 3. The molecule has 22 heavy (non-hydrogen) atoms. The van der Waals surface area contributed by atoms with Crippen molar-refractivity contribution in [3.8, 4) is 0 Å². The minimum Gasteiger partial charge on any atom is -0.352 e. The Bertz CT molecular complexity index is 514. The SMILES string of the molecule is O=C(NC1CCN(c2nccs2)CC1)C12CCCN1CCC2. The number of piperidine rings is 1. The lowest BCUT2D eigenvalue weighted by atomic mass is 9.92. The number of rotatable bonds is 3. The molecule has 0 saturated carbocycles. The first-order chi connectivity index (χ1) is 10.8. The molecule has 1 aromatic rings. The molecule has 1 amide bonds. The van der Waals surface area contributed by atoms with Gasteiger partial charge in [0.05, 0.1) is 0 Å². The average molecular weight is 320 g/mol. The van der Waals surface area contributed by atoms with Crippen molar-refractivity contribution in [3.05, 3.63) is 11.6 Å². The third-order valence-corrected chi connectivity index (χ3v) is 6.42. The van der Waals surface area contributed by atoms with E-state index in [4.69, 9.17) is 0 Å². The molecule has 3 fully saturated rings. The minimum atomic E-state index is -0.160. The number of thiazole rings is 1. The molecule has 4 heterocycles. The number of carbonyl (C=O) groups excluding carboxylic acids is 1. The first-order valence-electron chi connectivity index (χ1n) is 8.48. The number of hydrogen-bond acceptors (Lipinski definition) is 5. The molecule has 4 rings (SSSR count). The molecule has 0 aromatic carbocycles. The molecule has 3 aliphatic rings. The van der Waals surface area contributed by atoms with E-state index in [0.29, 0.717) is 11.9 Å². The van der Waals surface area contributed by atoms with Gasteiger partial charge in [-0.1, -0.05) is 0 Å². The van der Waals surface area contributed by atoms with E-state index in [1.807, 2.05) is 11.6 Å². The molecular weight excluding hydrogens is 296 g/mol. The van der Waals surface area contributed by atoms with Crippen molar-refractivity contribution in [2.45, 2.75) is 50.1 Å². The van der Waals surface area contributed by atoms with Crippen LogP contribution in [-0.4, -0.2) is 53.6 Å². The second-order valence-electron chi connectivity index (χ2n) is 6.78. The Balaban J connectivity index is 1.34. The Labute approximate surface area is 135 Å². The molecule has 0 radical (unpaired) electrons. The van der Waals surface area contributed by atoms with Gasteiger partial charge < -0.3 is 10.2 Å². The van der Waals surface area contributed by atoms with Crippen molar-refractivity contribution in [1.29, 1.82) is 0 Å². The monoisotopic (exact) mass is 320 g/mol. The smallest absolute Gasteiger partial charge is 0.240 e. The summed E-state index contributed by atoms with van der Waals surface area (Å²) < 4.78 is 0. The fourth-order valence-electron chi connectivity index (χ4n) is 4.38. The predicted octanol–water partition coefficient (Wildman–Crippen LogP) is 1.86. The van der Waals surface area contributed by atoms with Gasteiger partial charge in [0.1, 0.15) is 5.54 Å². The molecule has 0 spiro atoms. The van der Waals surface area contributed by atoms with E-state index in [-0.39, 0.29) is 5.54 Å². The van der Waals surface area contributed by atoms with E-state index < -0.39 is 0 Å². The van der Waals surface area contributed by atoms with Crippen LogP contribution < -0.4 is 10.2 Å². The lowest BCUT2D eigenvalue weighted by Crippen LogP contribution is -2.56. The zero-order valence-corrected chi connectivity index (χ0v) is 13.8. The van der Waals surface area contributed by atoms with Gasteiger partial charge in [0.2, 0.25) is 5.91 Å². The number of amides is 1. The fourth-order valence-corrected chi connectivity index (χ4v) is 5.08. The van der Waals surface area contributed by atoms with Gasteiger partial charge in [0, 0.05) is 30.7 Å². The van der Waals surface area contributed by atoms with Crippen LogP contribution >= 0.6 is 11.3 Å². The summed E-state index contributed by atoms with van der Waals surface area (Å²) >= 11 is 1.70. The minimum absolute atomic E-state index is 0.160. The molecule has 5 nitrogen and oxygen atoms in total. The van der Waals surface area contributed by atoms with E-state index in [1.165, 1.54) is 12.8 Å².